The number of anilines is 2. The first-order valence-electron chi connectivity index (χ1n) is 8.43. The van der Waals surface area contributed by atoms with Gasteiger partial charge in [0.25, 0.3) is 5.91 Å². The van der Waals surface area contributed by atoms with Crippen LogP contribution < -0.4 is 10.6 Å². The third kappa shape index (κ3) is 7.13. The van der Waals surface area contributed by atoms with Crippen LogP contribution in [-0.4, -0.2) is 24.5 Å². The molecule has 0 saturated heterocycles. The molecule has 24 heavy (non-hydrogen) atoms. The molecule has 0 aliphatic carbocycles. The van der Waals surface area contributed by atoms with E-state index in [1.54, 1.807) is 31.2 Å². The quantitative estimate of drug-likeness (QED) is 0.790. The molecule has 0 unspecified atom stereocenters. The van der Waals surface area contributed by atoms with E-state index in [0.717, 1.165) is 6.42 Å². The number of amides is 2. The maximum absolute atomic E-state index is 12.2. The molecule has 2 N–H and O–H groups in total. The van der Waals surface area contributed by atoms with Gasteiger partial charge in [-0.05, 0) is 37.5 Å². The molecule has 0 radical (unpaired) electrons. The van der Waals surface area contributed by atoms with Crippen LogP contribution in [0.3, 0.4) is 0 Å². The van der Waals surface area contributed by atoms with E-state index >= 15 is 0 Å². The van der Waals surface area contributed by atoms with Gasteiger partial charge in [-0.2, -0.15) is 0 Å². The number of benzene rings is 1. The zero-order valence-corrected chi connectivity index (χ0v) is 15.6. The monoisotopic (exact) mass is 334 g/mol. The normalized spacial score (nSPS) is 12.8. The summed E-state index contributed by atoms with van der Waals surface area (Å²) in [4.78, 5) is 24.2. The largest absolute Gasteiger partial charge is 0.369 e. The van der Waals surface area contributed by atoms with E-state index in [1.165, 1.54) is 0 Å². The second kappa shape index (κ2) is 8.83. The number of carbonyl (C=O) groups excluding carboxylic acids is 2. The van der Waals surface area contributed by atoms with Crippen molar-refractivity contribution in [2.45, 2.75) is 54.1 Å². The molecule has 0 aliphatic rings. The highest BCUT2D eigenvalue weighted by Crippen LogP contribution is 2.20. The molecule has 0 saturated carbocycles. The minimum Gasteiger partial charge on any atom is -0.369 e. The number of nitrogens with one attached hydrogen (secondary N) is 2. The van der Waals surface area contributed by atoms with Gasteiger partial charge in [0.05, 0.1) is 0 Å². The summed E-state index contributed by atoms with van der Waals surface area (Å²) in [6.07, 6.45) is 0.405. The van der Waals surface area contributed by atoms with Gasteiger partial charge in [0.15, 0.2) is 0 Å². The minimum absolute atomic E-state index is 0.0728. The maximum atomic E-state index is 12.2. The highest BCUT2D eigenvalue weighted by atomic mass is 16.5. The van der Waals surface area contributed by atoms with E-state index in [1.807, 2.05) is 20.8 Å². The maximum Gasteiger partial charge on any atom is 0.253 e. The van der Waals surface area contributed by atoms with Crippen LogP contribution in [0.1, 0.15) is 48.0 Å². The topological polar surface area (TPSA) is 67.4 Å². The molecular weight excluding hydrogens is 304 g/mol. The zero-order chi connectivity index (χ0) is 18.3. The molecule has 2 amide bonds. The van der Waals surface area contributed by atoms with Crippen LogP contribution >= 0.6 is 0 Å². The van der Waals surface area contributed by atoms with E-state index < -0.39 is 11.5 Å². The van der Waals surface area contributed by atoms with E-state index in [0.29, 0.717) is 23.9 Å². The molecule has 1 atom stereocenters. The van der Waals surface area contributed by atoms with Gasteiger partial charge in [0.2, 0.25) is 5.91 Å². The Morgan fingerprint density at radius 3 is 2.21 bits per heavy atom. The van der Waals surface area contributed by atoms with E-state index in [-0.39, 0.29) is 11.8 Å². The predicted octanol–water partition coefficient (Wildman–Crippen LogP) is 4.06. The molecule has 5 nitrogen and oxygen atoms in total. The highest BCUT2D eigenvalue weighted by molar-refractivity contribution is 5.97. The first-order chi connectivity index (χ1) is 11.1. The van der Waals surface area contributed by atoms with Crippen LogP contribution in [0.2, 0.25) is 0 Å². The van der Waals surface area contributed by atoms with Crippen molar-refractivity contribution in [2.75, 3.05) is 17.2 Å². The summed E-state index contributed by atoms with van der Waals surface area (Å²) in [5.74, 6) is 0.276. The SMILES string of the molecule is CC(C)CCO[C@H](C)C(=O)Nc1cccc(NC(=O)C(C)(C)C)c1. The summed E-state index contributed by atoms with van der Waals surface area (Å²) in [5.41, 5.74) is 0.810. The number of carbonyl (C=O) groups is 2. The average molecular weight is 334 g/mol. The first kappa shape index (κ1) is 20.2. The first-order valence-corrected chi connectivity index (χ1v) is 8.43. The van der Waals surface area contributed by atoms with Crippen LogP contribution in [0, 0.1) is 11.3 Å². The third-order valence-corrected chi connectivity index (χ3v) is 3.50. The number of hydrogen-bond acceptors (Lipinski definition) is 3. The summed E-state index contributed by atoms with van der Waals surface area (Å²) in [6, 6.07) is 7.11. The van der Waals surface area contributed by atoms with Crippen molar-refractivity contribution < 1.29 is 14.3 Å². The summed E-state index contributed by atoms with van der Waals surface area (Å²) < 4.78 is 5.54. The fraction of sp³-hybridized carbons (Fsp3) is 0.579. The Morgan fingerprint density at radius 2 is 1.67 bits per heavy atom. The summed E-state index contributed by atoms with van der Waals surface area (Å²) in [6.45, 7) is 12.1. The second-order valence-corrected chi connectivity index (χ2v) is 7.47. The number of hydrogen-bond donors (Lipinski definition) is 2. The Kier molecular flexibility index (Phi) is 7.42. The Labute approximate surface area is 145 Å². The van der Waals surface area contributed by atoms with Crippen molar-refractivity contribution in [2.24, 2.45) is 11.3 Å². The van der Waals surface area contributed by atoms with E-state index in [4.69, 9.17) is 4.74 Å². The van der Waals surface area contributed by atoms with Crippen molar-refractivity contribution in [1.82, 2.24) is 0 Å². The molecule has 0 aromatic heterocycles. The lowest BCUT2D eigenvalue weighted by Gasteiger charge is -2.18. The van der Waals surface area contributed by atoms with Gasteiger partial charge in [-0.25, -0.2) is 0 Å². The summed E-state index contributed by atoms with van der Waals surface area (Å²) in [7, 11) is 0. The molecular formula is C19H30N2O3. The van der Waals surface area contributed by atoms with Crippen molar-refractivity contribution in [3.8, 4) is 0 Å². The molecule has 1 rings (SSSR count). The van der Waals surface area contributed by atoms with Crippen molar-refractivity contribution in [1.29, 1.82) is 0 Å². The molecule has 0 bridgehead atoms. The van der Waals surface area contributed by atoms with Gasteiger partial charge in [-0.3, -0.25) is 9.59 Å². The minimum atomic E-state index is -0.517. The van der Waals surface area contributed by atoms with Crippen LogP contribution in [0.4, 0.5) is 11.4 Å². The number of rotatable bonds is 7. The van der Waals surface area contributed by atoms with Crippen molar-refractivity contribution in [3.63, 3.8) is 0 Å². The Hall–Kier alpha value is -1.88. The molecule has 5 heteroatoms. The van der Waals surface area contributed by atoms with Gasteiger partial charge in [0.1, 0.15) is 6.10 Å². The molecule has 0 fully saturated rings. The van der Waals surface area contributed by atoms with E-state index in [9.17, 15) is 9.59 Å². The van der Waals surface area contributed by atoms with Crippen LogP contribution in [0.5, 0.6) is 0 Å². The lowest BCUT2D eigenvalue weighted by Crippen LogP contribution is -2.29. The molecule has 0 aliphatic heterocycles. The highest BCUT2D eigenvalue weighted by Gasteiger charge is 2.21. The van der Waals surface area contributed by atoms with Gasteiger partial charge < -0.3 is 15.4 Å². The third-order valence-electron chi connectivity index (χ3n) is 3.50. The van der Waals surface area contributed by atoms with Gasteiger partial charge >= 0.3 is 0 Å². The standard InChI is InChI=1S/C19H30N2O3/c1-13(2)10-11-24-14(3)17(22)20-15-8-7-9-16(12-15)21-18(23)19(4,5)6/h7-9,12-14H,10-11H2,1-6H3,(H,20,22)(H,21,23)/t14-/m1/s1. The molecule has 134 valence electrons. The van der Waals surface area contributed by atoms with Crippen LogP contribution in [0.15, 0.2) is 24.3 Å². The fourth-order valence-corrected chi connectivity index (χ4v) is 1.79. The Balaban J connectivity index is 2.60. The van der Waals surface area contributed by atoms with Crippen LogP contribution in [-0.2, 0) is 14.3 Å². The van der Waals surface area contributed by atoms with Gasteiger partial charge in [-0.1, -0.05) is 40.7 Å². The lowest BCUT2D eigenvalue weighted by atomic mass is 9.95. The predicted molar refractivity (Wildman–Crippen MR) is 98.0 cm³/mol. The van der Waals surface area contributed by atoms with Crippen molar-refractivity contribution >= 4 is 23.2 Å². The van der Waals surface area contributed by atoms with Crippen LogP contribution in [0.25, 0.3) is 0 Å². The lowest BCUT2D eigenvalue weighted by molar-refractivity contribution is -0.126. The molecule has 1 aromatic carbocycles. The zero-order valence-electron chi connectivity index (χ0n) is 15.6. The Morgan fingerprint density at radius 1 is 1.08 bits per heavy atom. The molecule has 0 spiro atoms. The Bertz CT molecular complexity index is 562. The van der Waals surface area contributed by atoms with Gasteiger partial charge in [0, 0.05) is 23.4 Å². The van der Waals surface area contributed by atoms with Crippen molar-refractivity contribution in [3.05, 3.63) is 24.3 Å². The summed E-state index contributed by atoms with van der Waals surface area (Å²) in [5, 5.41) is 5.67. The van der Waals surface area contributed by atoms with Gasteiger partial charge in [-0.15, -0.1) is 0 Å². The molecule has 0 heterocycles. The van der Waals surface area contributed by atoms with E-state index in [2.05, 4.69) is 24.5 Å². The molecule has 1 aromatic rings. The summed E-state index contributed by atoms with van der Waals surface area (Å²) >= 11 is 0. The number of ether oxygens (including phenoxy) is 1. The second-order valence-electron chi connectivity index (χ2n) is 7.47. The smallest absolute Gasteiger partial charge is 0.253 e. The fourth-order valence-electron chi connectivity index (χ4n) is 1.79. The average Bonchev–Trinajstić information content (AvgIpc) is 2.46.